The van der Waals surface area contributed by atoms with E-state index < -0.39 is 0 Å². The fourth-order valence-electron chi connectivity index (χ4n) is 1.52. The monoisotopic (exact) mass is 195 g/mol. The molecule has 1 atom stereocenters. The van der Waals surface area contributed by atoms with E-state index >= 15 is 0 Å². The summed E-state index contributed by atoms with van der Waals surface area (Å²) < 4.78 is 10.1. The SMILES string of the molecule is O=C(N[C@H]1CCCOC1)c1ccoc1. The molecule has 76 valence electrons. The molecule has 0 aromatic carbocycles. The van der Waals surface area contributed by atoms with Crippen LogP contribution in [0.4, 0.5) is 0 Å². The molecule has 1 aliphatic rings. The number of carbonyl (C=O) groups excluding carboxylic acids is 1. The first kappa shape index (κ1) is 9.27. The Morgan fingerprint density at radius 3 is 3.14 bits per heavy atom. The molecule has 0 radical (unpaired) electrons. The van der Waals surface area contributed by atoms with Gasteiger partial charge in [0, 0.05) is 6.61 Å². The Hall–Kier alpha value is -1.29. The van der Waals surface area contributed by atoms with Gasteiger partial charge in [0.05, 0.1) is 24.5 Å². The minimum Gasteiger partial charge on any atom is -0.472 e. The van der Waals surface area contributed by atoms with Crippen molar-refractivity contribution < 1.29 is 13.9 Å². The van der Waals surface area contributed by atoms with Crippen LogP contribution in [0.2, 0.25) is 0 Å². The van der Waals surface area contributed by atoms with E-state index in [1.807, 2.05) is 0 Å². The van der Waals surface area contributed by atoms with Gasteiger partial charge < -0.3 is 14.5 Å². The van der Waals surface area contributed by atoms with Gasteiger partial charge in [-0.3, -0.25) is 4.79 Å². The van der Waals surface area contributed by atoms with Gasteiger partial charge in [-0.15, -0.1) is 0 Å². The molecule has 1 aliphatic heterocycles. The van der Waals surface area contributed by atoms with Gasteiger partial charge in [-0.05, 0) is 18.9 Å². The number of hydrogen-bond donors (Lipinski definition) is 1. The van der Waals surface area contributed by atoms with E-state index in [4.69, 9.17) is 9.15 Å². The van der Waals surface area contributed by atoms with E-state index in [9.17, 15) is 4.79 Å². The van der Waals surface area contributed by atoms with Crippen LogP contribution >= 0.6 is 0 Å². The summed E-state index contributed by atoms with van der Waals surface area (Å²) in [5.41, 5.74) is 0.565. The molecule has 1 aromatic rings. The van der Waals surface area contributed by atoms with E-state index in [1.54, 1.807) is 6.07 Å². The van der Waals surface area contributed by atoms with Crippen LogP contribution in [0.3, 0.4) is 0 Å². The maximum atomic E-state index is 11.5. The second-order valence-corrected chi connectivity index (χ2v) is 3.40. The fourth-order valence-corrected chi connectivity index (χ4v) is 1.52. The Morgan fingerprint density at radius 2 is 2.50 bits per heavy atom. The van der Waals surface area contributed by atoms with Crippen molar-refractivity contribution >= 4 is 5.91 Å². The summed E-state index contributed by atoms with van der Waals surface area (Å²) in [7, 11) is 0. The minimum absolute atomic E-state index is 0.0887. The first-order valence-corrected chi connectivity index (χ1v) is 4.77. The number of furan rings is 1. The third kappa shape index (κ3) is 2.14. The summed E-state index contributed by atoms with van der Waals surface area (Å²) in [6.45, 7) is 1.42. The van der Waals surface area contributed by atoms with Crippen molar-refractivity contribution in [3.8, 4) is 0 Å². The van der Waals surface area contributed by atoms with Crippen molar-refractivity contribution in [2.75, 3.05) is 13.2 Å². The first-order chi connectivity index (χ1) is 6.86. The lowest BCUT2D eigenvalue weighted by molar-refractivity contribution is 0.0624. The van der Waals surface area contributed by atoms with E-state index in [-0.39, 0.29) is 11.9 Å². The molecule has 2 rings (SSSR count). The van der Waals surface area contributed by atoms with Crippen LogP contribution in [0.5, 0.6) is 0 Å². The van der Waals surface area contributed by atoms with Gasteiger partial charge in [0.15, 0.2) is 0 Å². The van der Waals surface area contributed by atoms with Crippen molar-refractivity contribution in [3.05, 3.63) is 24.2 Å². The molecule has 0 saturated carbocycles. The number of nitrogens with one attached hydrogen (secondary N) is 1. The lowest BCUT2D eigenvalue weighted by atomic mass is 10.1. The second-order valence-electron chi connectivity index (χ2n) is 3.40. The molecule has 1 fully saturated rings. The summed E-state index contributed by atoms with van der Waals surface area (Å²) in [5, 5.41) is 2.90. The highest BCUT2D eigenvalue weighted by Gasteiger charge is 2.17. The summed E-state index contributed by atoms with van der Waals surface area (Å²) in [5.74, 6) is -0.0887. The predicted molar refractivity (Wildman–Crippen MR) is 50.0 cm³/mol. The summed E-state index contributed by atoms with van der Waals surface area (Å²) in [6.07, 6.45) is 4.94. The smallest absolute Gasteiger partial charge is 0.254 e. The highest BCUT2D eigenvalue weighted by atomic mass is 16.5. The van der Waals surface area contributed by atoms with Gasteiger partial charge in [0.1, 0.15) is 6.26 Å². The van der Waals surface area contributed by atoms with Crippen LogP contribution < -0.4 is 5.32 Å². The van der Waals surface area contributed by atoms with Gasteiger partial charge >= 0.3 is 0 Å². The molecule has 4 heteroatoms. The molecule has 0 aliphatic carbocycles. The fraction of sp³-hybridized carbons (Fsp3) is 0.500. The third-order valence-electron chi connectivity index (χ3n) is 2.28. The van der Waals surface area contributed by atoms with Gasteiger partial charge in [-0.2, -0.15) is 0 Å². The zero-order chi connectivity index (χ0) is 9.80. The number of hydrogen-bond acceptors (Lipinski definition) is 3. The Kier molecular flexibility index (Phi) is 2.84. The molecule has 1 aromatic heterocycles. The zero-order valence-corrected chi connectivity index (χ0v) is 7.86. The summed E-state index contributed by atoms with van der Waals surface area (Å²) in [4.78, 5) is 11.5. The van der Waals surface area contributed by atoms with Crippen LogP contribution in [0, 0.1) is 0 Å². The Morgan fingerprint density at radius 1 is 1.57 bits per heavy atom. The van der Waals surface area contributed by atoms with Crippen molar-refractivity contribution in [1.29, 1.82) is 0 Å². The van der Waals surface area contributed by atoms with Crippen molar-refractivity contribution in [2.24, 2.45) is 0 Å². The average Bonchev–Trinajstić information content (AvgIpc) is 2.72. The quantitative estimate of drug-likeness (QED) is 0.771. The van der Waals surface area contributed by atoms with Gasteiger partial charge in [0.25, 0.3) is 5.91 Å². The normalized spacial score (nSPS) is 21.9. The lowest BCUT2D eigenvalue weighted by Crippen LogP contribution is -2.40. The molecule has 0 unspecified atom stereocenters. The lowest BCUT2D eigenvalue weighted by Gasteiger charge is -2.22. The molecule has 1 N–H and O–H groups in total. The van der Waals surface area contributed by atoms with Gasteiger partial charge in [-0.25, -0.2) is 0 Å². The van der Waals surface area contributed by atoms with Crippen LogP contribution in [-0.2, 0) is 4.74 Å². The highest BCUT2D eigenvalue weighted by molar-refractivity contribution is 5.93. The predicted octanol–water partition coefficient (Wildman–Crippen LogP) is 1.19. The molecular weight excluding hydrogens is 182 g/mol. The molecule has 0 spiro atoms. The second kappa shape index (κ2) is 4.28. The Bertz CT molecular complexity index is 288. The minimum atomic E-state index is -0.0887. The molecule has 1 saturated heterocycles. The number of amides is 1. The van der Waals surface area contributed by atoms with Crippen LogP contribution in [0.1, 0.15) is 23.2 Å². The van der Waals surface area contributed by atoms with Crippen molar-refractivity contribution in [2.45, 2.75) is 18.9 Å². The van der Waals surface area contributed by atoms with Crippen molar-refractivity contribution in [3.63, 3.8) is 0 Å². The van der Waals surface area contributed by atoms with Gasteiger partial charge in [-0.1, -0.05) is 0 Å². The van der Waals surface area contributed by atoms with E-state index in [0.29, 0.717) is 12.2 Å². The molecule has 0 bridgehead atoms. The maximum absolute atomic E-state index is 11.5. The maximum Gasteiger partial charge on any atom is 0.254 e. The summed E-state index contributed by atoms with van der Waals surface area (Å²) >= 11 is 0. The molecular formula is C10H13NO3. The van der Waals surface area contributed by atoms with E-state index in [0.717, 1.165) is 19.4 Å². The largest absolute Gasteiger partial charge is 0.472 e. The number of ether oxygens (including phenoxy) is 1. The number of rotatable bonds is 2. The standard InChI is InChI=1S/C10H13NO3/c12-10(8-3-5-14-6-8)11-9-2-1-4-13-7-9/h3,5-6,9H,1-2,4,7H2,(H,11,12)/t9-/m0/s1. The molecule has 1 amide bonds. The van der Waals surface area contributed by atoms with Crippen LogP contribution in [0.15, 0.2) is 23.0 Å². The van der Waals surface area contributed by atoms with Crippen LogP contribution in [0.25, 0.3) is 0 Å². The highest BCUT2D eigenvalue weighted by Crippen LogP contribution is 2.07. The van der Waals surface area contributed by atoms with E-state index in [1.165, 1.54) is 12.5 Å². The first-order valence-electron chi connectivity index (χ1n) is 4.77. The molecule has 4 nitrogen and oxygen atoms in total. The summed E-state index contributed by atoms with van der Waals surface area (Å²) in [6, 6.07) is 1.80. The van der Waals surface area contributed by atoms with Crippen molar-refractivity contribution in [1.82, 2.24) is 5.32 Å². The Balaban J connectivity index is 1.87. The topological polar surface area (TPSA) is 51.5 Å². The number of carbonyl (C=O) groups is 1. The van der Waals surface area contributed by atoms with E-state index in [2.05, 4.69) is 5.32 Å². The third-order valence-corrected chi connectivity index (χ3v) is 2.28. The Labute approximate surface area is 82.2 Å². The average molecular weight is 195 g/mol. The van der Waals surface area contributed by atoms with Crippen LogP contribution in [-0.4, -0.2) is 25.2 Å². The van der Waals surface area contributed by atoms with Gasteiger partial charge in [0.2, 0.25) is 0 Å². The molecule has 14 heavy (non-hydrogen) atoms. The zero-order valence-electron chi connectivity index (χ0n) is 7.86. The molecule has 2 heterocycles.